The minimum atomic E-state index is 0.122. The van der Waals surface area contributed by atoms with Crippen molar-refractivity contribution in [3.63, 3.8) is 0 Å². The van der Waals surface area contributed by atoms with Crippen molar-refractivity contribution in [2.75, 3.05) is 32.8 Å². The van der Waals surface area contributed by atoms with Gasteiger partial charge in [-0.3, -0.25) is 0 Å². The normalized spacial score (nSPS) is 25.3. The summed E-state index contributed by atoms with van der Waals surface area (Å²) in [7, 11) is 0. The van der Waals surface area contributed by atoms with Crippen LogP contribution < -0.4 is 5.32 Å². The van der Waals surface area contributed by atoms with Gasteiger partial charge in [0.2, 0.25) is 5.89 Å². The van der Waals surface area contributed by atoms with Crippen LogP contribution in [0.4, 0.5) is 0 Å². The summed E-state index contributed by atoms with van der Waals surface area (Å²) in [5.41, 5.74) is 0.926. The quantitative estimate of drug-likeness (QED) is 0.666. The Hall–Kier alpha value is -1.60. The number of aliphatic imine (C=N–C) groups is 1. The van der Waals surface area contributed by atoms with E-state index in [1.54, 1.807) is 0 Å². The van der Waals surface area contributed by atoms with Gasteiger partial charge < -0.3 is 24.1 Å². The Balaban J connectivity index is 1.65. The highest BCUT2D eigenvalue weighted by Crippen LogP contribution is 2.21. The van der Waals surface area contributed by atoms with Crippen LogP contribution in [-0.4, -0.2) is 60.9 Å². The van der Waals surface area contributed by atoms with Gasteiger partial charge in [-0.05, 0) is 33.6 Å². The van der Waals surface area contributed by atoms with Gasteiger partial charge in [-0.1, -0.05) is 0 Å². The van der Waals surface area contributed by atoms with E-state index in [0.29, 0.717) is 19.0 Å². The number of hydrogen-bond donors (Lipinski definition) is 1. The van der Waals surface area contributed by atoms with Crippen LogP contribution in [-0.2, 0) is 16.0 Å². The Labute approximate surface area is 143 Å². The molecule has 7 nitrogen and oxygen atoms in total. The first-order valence-corrected chi connectivity index (χ1v) is 8.86. The Kier molecular flexibility index (Phi) is 5.73. The topological polar surface area (TPSA) is 72.1 Å². The molecule has 7 heteroatoms. The van der Waals surface area contributed by atoms with Crippen LogP contribution in [0.1, 0.15) is 37.1 Å². The Morgan fingerprint density at radius 1 is 1.29 bits per heavy atom. The van der Waals surface area contributed by atoms with Gasteiger partial charge in [0.05, 0.1) is 18.4 Å². The van der Waals surface area contributed by atoms with E-state index in [9.17, 15) is 0 Å². The summed E-state index contributed by atoms with van der Waals surface area (Å²) in [6, 6.07) is 0. The van der Waals surface area contributed by atoms with Crippen molar-refractivity contribution in [3.8, 4) is 0 Å². The molecule has 0 saturated carbocycles. The van der Waals surface area contributed by atoms with Crippen LogP contribution >= 0.6 is 0 Å². The van der Waals surface area contributed by atoms with Crippen LogP contribution in [0.15, 0.2) is 9.41 Å². The van der Waals surface area contributed by atoms with E-state index in [4.69, 9.17) is 18.9 Å². The minimum absolute atomic E-state index is 0.122. The number of guanidine groups is 1. The van der Waals surface area contributed by atoms with Crippen molar-refractivity contribution in [1.29, 1.82) is 0 Å². The molecular formula is C17H28N4O3. The second-order valence-electron chi connectivity index (χ2n) is 6.33. The first kappa shape index (κ1) is 17.2. The highest BCUT2D eigenvalue weighted by molar-refractivity contribution is 5.80. The lowest BCUT2D eigenvalue weighted by atomic mass is 10.1. The van der Waals surface area contributed by atoms with Crippen LogP contribution in [0, 0.1) is 13.8 Å². The predicted octanol–water partition coefficient (Wildman–Crippen LogP) is 1.64. The molecule has 1 aromatic rings. The number of aryl methyl sites for hydroxylation is 2. The summed E-state index contributed by atoms with van der Waals surface area (Å²) in [6.45, 7) is 10.4. The lowest BCUT2D eigenvalue weighted by Gasteiger charge is -2.37. The van der Waals surface area contributed by atoms with Crippen molar-refractivity contribution in [2.24, 2.45) is 4.99 Å². The Morgan fingerprint density at radius 2 is 2.12 bits per heavy atom. The maximum atomic E-state index is 5.92. The molecule has 24 heavy (non-hydrogen) atoms. The molecule has 0 spiro atoms. The van der Waals surface area contributed by atoms with E-state index in [1.165, 1.54) is 0 Å². The summed E-state index contributed by atoms with van der Waals surface area (Å²) < 4.78 is 17.3. The highest BCUT2D eigenvalue weighted by atomic mass is 16.5. The van der Waals surface area contributed by atoms with Gasteiger partial charge in [-0.2, -0.15) is 0 Å². The third-order valence-corrected chi connectivity index (χ3v) is 4.54. The second kappa shape index (κ2) is 7.98. The minimum Gasteiger partial charge on any atom is -0.444 e. The third-order valence-electron chi connectivity index (χ3n) is 4.54. The lowest BCUT2D eigenvalue weighted by molar-refractivity contribution is -0.0817. The zero-order valence-corrected chi connectivity index (χ0v) is 14.9. The monoisotopic (exact) mass is 336 g/mol. The van der Waals surface area contributed by atoms with Crippen LogP contribution in [0.25, 0.3) is 0 Å². The maximum absolute atomic E-state index is 5.92. The average molecular weight is 336 g/mol. The van der Waals surface area contributed by atoms with Crippen molar-refractivity contribution >= 4 is 5.96 Å². The van der Waals surface area contributed by atoms with E-state index < -0.39 is 0 Å². The molecule has 2 aliphatic heterocycles. The van der Waals surface area contributed by atoms with E-state index in [0.717, 1.165) is 56.5 Å². The molecule has 0 aliphatic carbocycles. The van der Waals surface area contributed by atoms with Crippen LogP contribution in [0.5, 0.6) is 0 Å². The average Bonchev–Trinajstić information content (AvgIpc) is 3.22. The lowest BCUT2D eigenvalue weighted by Crippen LogP contribution is -2.53. The number of oxazole rings is 1. The van der Waals surface area contributed by atoms with E-state index in [1.807, 2.05) is 13.8 Å². The van der Waals surface area contributed by atoms with Gasteiger partial charge in [0.15, 0.2) is 5.96 Å². The molecular weight excluding hydrogens is 308 g/mol. The smallest absolute Gasteiger partial charge is 0.216 e. The van der Waals surface area contributed by atoms with E-state index in [-0.39, 0.29) is 12.2 Å². The molecule has 0 bridgehead atoms. The second-order valence-corrected chi connectivity index (χ2v) is 6.33. The zero-order valence-electron chi connectivity index (χ0n) is 14.9. The molecule has 2 saturated heterocycles. The summed E-state index contributed by atoms with van der Waals surface area (Å²) in [5, 5.41) is 3.37. The number of morpholine rings is 1. The number of hydrogen-bond acceptors (Lipinski definition) is 5. The van der Waals surface area contributed by atoms with Crippen molar-refractivity contribution in [2.45, 2.75) is 52.4 Å². The van der Waals surface area contributed by atoms with Gasteiger partial charge in [-0.25, -0.2) is 9.98 Å². The third kappa shape index (κ3) is 4.08. The first-order valence-electron chi connectivity index (χ1n) is 8.86. The van der Waals surface area contributed by atoms with E-state index in [2.05, 4.69) is 22.1 Å². The fourth-order valence-corrected chi connectivity index (χ4v) is 3.16. The summed E-state index contributed by atoms with van der Waals surface area (Å²) in [5.74, 6) is 2.40. The van der Waals surface area contributed by atoms with Crippen molar-refractivity contribution in [3.05, 3.63) is 17.3 Å². The first-order chi connectivity index (χ1) is 11.7. The fraction of sp³-hybridized carbons (Fsp3) is 0.765. The molecule has 0 aromatic carbocycles. The summed E-state index contributed by atoms with van der Waals surface area (Å²) in [6.07, 6.45) is 2.55. The number of aromatic nitrogens is 1. The molecule has 2 unspecified atom stereocenters. The molecule has 3 rings (SSSR count). The predicted molar refractivity (Wildman–Crippen MR) is 91.1 cm³/mol. The number of ether oxygens (including phenoxy) is 2. The molecule has 1 N–H and O–H groups in total. The standard InChI is InChI=1S/C17H28N4O3/c1-4-18-17(19-10-16-20-12(2)13(3)24-16)21-7-9-23-15(11-21)14-6-5-8-22-14/h14-15H,4-11H2,1-3H3,(H,18,19). The van der Waals surface area contributed by atoms with Gasteiger partial charge in [-0.15, -0.1) is 0 Å². The maximum Gasteiger partial charge on any atom is 0.216 e. The highest BCUT2D eigenvalue weighted by Gasteiger charge is 2.32. The molecule has 2 aliphatic rings. The molecule has 1 aromatic heterocycles. The zero-order chi connectivity index (χ0) is 16.9. The summed E-state index contributed by atoms with van der Waals surface area (Å²) >= 11 is 0. The molecule has 0 amide bonds. The van der Waals surface area contributed by atoms with Crippen LogP contribution in [0.3, 0.4) is 0 Å². The number of nitrogens with zero attached hydrogens (tertiary/aromatic N) is 3. The van der Waals surface area contributed by atoms with Gasteiger partial charge in [0.1, 0.15) is 18.4 Å². The molecule has 3 heterocycles. The molecule has 2 atom stereocenters. The van der Waals surface area contributed by atoms with Gasteiger partial charge >= 0.3 is 0 Å². The molecule has 0 radical (unpaired) electrons. The largest absolute Gasteiger partial charge is 0.444 e. The molecule has 134 valence electrons. The van der Waals surface area contributed by atoms with Crippen molar-refractivity contribution in [1.82, 2.24) is 15.2 Å². The summed E-state index contributed by atoms with van der Waals surface area (Å²) in [4.78, 5) is 11.4. The SMILES string of the molecule is CCNC(=NCc1nc(C)c(C)o1)N1CCOC(C2CCCO2)C1. The fourth-order valence-electron chi connectivity index (χ4n) is 3.16. The van der Waals surface area contributed by atoms with Crippen molar-refractivity contribution < 1.29 is 13.9 Å². The molecule has 2 fully saturated rings. The number of rotatable bonds is 4. The van der Waals surface area contributed by atoms with E-state index >= 15 is 0 Å². The number of nitrogens with one attached hydrogen (secondary N) is 1. The Bertz CT molecular complexity index is 547. The van der Waals surface area contributed by atoms with Gasteiger partial charge in [0.25, 0.3) is 0 Å². The Morgan fingerprint density at radius 3 is 2.79 bits per heavy atom. The van der Waals surface area contributed by atoms with Crippen LogP contribution in [0.2, 0.25) is 0 Å². The van der Waals surface area contributed by atoms with Gasteiger partial charge in [0, 0.05) is 26.2 Å².